The van der Waals surface area contributed by atoms with E-state index in [0.717, 1.165) is 36.2 Å². The molecule has 0 saturated carbocycles. The Morgan fingerprint density at radius 1 is 1.18 bits per heavy atom. The van der Waals surface area contributed by atoms with Crippen LogP contribution >= 0.6 is 0 Å². The first-order chi connectivity index (χ1) is 10.8. The molecule has 0 bridgehead atoms. The number of nitrogens with one attached hydrogen (secondary N) is 1. The molecule has 0 aliphatic rings. The van der Waals surface area contributed by atoms with Crippen LogP contribution in [0.3, 0.4) is 0 Å². The molecule has 0 radical (unpaired) electrons. The highest BCUT2D eigenvalue weighted by molar-refractivity contribution is 5.76. The summed E-state index contributed by atoms with van der Waals surface area (Å²) in [6.07, 6.45) is 8.41. The van der Waals surface area contributed by atoms with E-state index >= 15 is 0 Å². The molecule has 120 valence electrons. The van der Waals surface area contributed by atoms with E-state index in [2.05, 4.69) is 22.9 Å². The Kier molecular flexibility index (Phi) is 6.44. The first-order valence-electron chi connectivity index (χ1n) is 8.42. The Balaban J connectivity index is 2.08. The van der Waals surface area contributed by atoms with Crippen LogP contribution in [0.4, 0.5) is 0 Å². The minimum Gasteiger partial charge on any atom is -0.349 e. The molecule has 2 rings (SSSR count). The molecule has 1 N–H and O–H groups in total. The fraction of sp³-hybridized carbons (Fsp3) is 0.556. The molecule has 0 fully saturated rings. The first kappa shape index (κ1) is 16.5. The highest BCUT2D eigenvalue weighted by atomic mass is 16.1. The number of unbranched alkanes of at least 4 members (excludes halogenated alkanes) is 5. The largest absolute Gasteiger partial charge is 0.349 e. The summed E-state index contributed by atoms with van der Waals surface area (Å²) in [6, 6.07) is 8.13. The number of aryl methyl sites for hydroxylation is 1. The monoisotopic (exact) mass is 301 g/mol. The molecular weight excluding hydrogens is 274 g/mol. The second-order valence-corrected chi connectivity index (χ2v) is 5.88. The van der Waals surface area contributed by atoms with Gasteiger partial charge in [0.2, 0.25) is 6.41 Å². The molecule has 0 spiro atoms. The number of para-hydroxylation sites is 2. The van der Waals surface area contributed by atoms with Crippen LogP contribution in [0.2, 0.25) is 0 Å². The Morgan fingerprint density at radius 3 is 2.68 bits per heavy atom. The zero-order chi connectivity index (χ0) is 15.8. The van der Waals surface area contributed by atoms with Crippen molar-refractivity contribution in [1.29, 1.82) is 0 Å². The number of nitrogens with zero attached hydrogens (tertiary/aromatic N) is 2. The Bertz CT molecular complexity index is 591. The predicted molar refractivity (Wildman–Crippen MR) is 90.7 cm³/mol. The van der Waals surface area contributed by atoms with Gasteiger partial charge in [0, 0.05) is 6.54 Å². The van der Waals surface area contributed by atoms with Crippen LogP contribution < -0.4 is 5.32 Å². The SMILES string of the molecule is CCCCCCCCn1c(C(C)NC=O)nc2ccccc21. The van der Waals surface area contributed by atoms with Crippen molar-refractivity contribution in [3.8, 4) is 0 Å². The fourth-order valence-corrected chi connectivity index (χ4v) is 2.89. The van der Waals surface area contributed by atoms with Gasteiger partial charge in [-0.2, -0.15) is 0 Å². The summed E-state index contributed by atoms with van der Waals surface area (Å²) in [5, 5.41) is 2.82. The molecular formula is C18H27N3O. The molecule has 1 atom stereocenters. The lowest BCUT2D eigenvalue weighted by Crippen LogP contribution is -2.20. The lowest BCUT2D eigenvalue weighted by Gasteiger charge is -2.14. The summed E-state index contributed by atoms with van der Waals surface area (Å²) in [5.41, 5.74) is 2.16. The van der Waals surface area contributed by atoms with E-state index in [1.54, 1.807) is 0 Å². The molecule has 1 aromatic carbocycles. The average molecular weight is 301 g/mol. The number of aromatic nitrogens is 2. The van der Waals surface area contributed by atoms with Gasteiger partial charge in [-0.05, 0) is 25.5 Å². The Labute approximate surface area is 132 Å². The van der Waals surface area contributed by atoms with Gasteiger partial charge in [0.15, 0.2) is 0 Å². The number of imidazole rings is 1. The third-order valence-corrected chi connectivity index (χ3v) is 4.12. The molecule has 4 heteroatoms. The number of fused-ring (bicyclic) bond motifs is 1. The lowest BCUT2D eigenvalue weighted by molar-refractivity contribution is -0.110. The summed E-state index contributed by atoms with van der Waals surface area (Å²) < 4.78 is 2.26. The fourth-order valence-electron chi connectivity index (χ4n) is 2.89. The lowest BCUT2D eigenvalue weighted by atomic mass is 10.1. The molecule has 0 aliphatic heterocycles. The minimum atomic E-state index is -0.0648. The second kappa shape index (κ2) is 8.57. The minimum absolute atomic E-state index is 0.0648. The van der Waals surface area contributed by atoms with Gasteiger partial charge >= 0.3 is 0 Å². The van der Waals surface area contributed by atoms with Gasteiger partial charge in [0.25, 0.3) is 0 Å². The molecule has 2 aromatic rings. The van der Waals surface area contributed by atoms with Crippen LogP contribution in [0, 0.1) is 0 Å². The molecule has 1 aromatic heterocycles. The number of amides is 1. The van der Waals surface area contributed by atoms with Crippen LogP contribution in [-0.2, 0) is 11.3 Å². The Hall–Kier alpha value is -1.84. The van der Waals surface area contributed by atoms with Crippen LogP contribution in [0.1, 0.15) is 64.2 Å². The van der Waals surface area contributed by atoms with Crippen LogP contribution in [-0.4, -0.2) is 16.0 Å². The van der Waals surface area contributed by atoms with E-state index in [1.807, 2.05) is 25.1 Å². The number of carbonyl (C=O) groups excluding carboxylic acids is 1. The first-order valence-corrected chi connectivity index (χ1v) is 8.42. The molecule has 0 saturated heterocycles. The average Bonchev–Trinajstić information content (AvgIpc) is 2.90. The number of hydrogen-bond acceptors (Lipinski definition) is 2. The normalized spacial score (nSPS) is 12.5. The number of carbonyl (C=O) groups is 1. The van der Waals surface area contributed by atoms with Crippen molar-refractivity contribution in [3.05, 3.63) is 30.1 Å². The van der Waals surface area contributed by atoms with Gasteiger partial charge in [-0.25, -0.2) is 4.98 Å². The van der Waals surface area contributed by atoms with Crippen molar-refractivity contribution >= 4 is 17.4 Å². The third kappa shape index (κ3) is 4.09. The molecule has 0 aliphatic carbocycles. The highest BCUT2D eigenvalue weighted by Crippen LogP contribution is 2.21. The van der Waals surface area contributed by atoms with Crippen molar-refractivity contribution in [2.45, 2.75) is 65.0 Å². The molecule has 22 heavy (non-hydrogen) atoms. The maximum atomic E-state index is 10.7. The molecule has 1 amide bonds. The molecule has 1 unspecified atom stereocenters. The number of benzene rings is 1. The van der Waals surface area contributed by atoms with Crippen LogP contribution in [0.15, 0.2) is 24.3 Å². The topological polar surface area (TPSA) is 46.9 Å². The number of hydrogen-bond donors (Lipinski definition) is 1. The van der Waals surface area contributed by atoms with Crippen molar-refractivity contribution in [1.82, 2.24) is 14.9 Å². The maximum Gasteiger partial charge on any atom is 0.207 e. The zero-order valence-electron chi connectivity index (χ0n) is 13.7. The standard InChI is InChI=1S/C18H27N3O/c1-3-4-5-6-7-10-13-21-17-12-9-8-11-16(17)20-18(21)15(2)19-14-22/h8-9,11-12,14-15H,3-7,10,13H2,1-2H3,(H,19,22). The second-order valence-electron chi connectivity index (χ2n) is 5.88. The van der Waals surface area contributed by atoms with Crippen molar-refractivity contribution < 1.29 is 4.79 Å². The van der Waals surface area contributed by atoms with Gasteiger partial charge in [0.05, 0.1) is 17.1 Å². The van der Waals surface area contributed by atoms with Crippen molar-refractivity contribution in [2.24, 2.45) is 0 Å². The Morgan fingerprint density at radius 2 is 1.91 bits per heavy atom. The molecule has 4 nitrogen and oxygen atoms in total. The van der Waals surface area contributed by atoms with Gasteiger partial charge in [-0.3, -0.25) is 4.79 Å². The smallest absolute Gasteiger partial charge is 0.207 e. The van der Waals surface area contributed by atoms with E-state index in [9.17, 15) is 4.79 Å². The highest BCUT2D eigenvalue weighted by Gasteiger charge is 2.15. The van der Waals surface area contributed by atoms with Gasteiger partial charge in [-0.1, -0.05) is 51.2 Å². The van der Waals surface area contributed by atoms with E-state index in [0.29, 0.717) is 0 Å². The summed E-state index contributed by atoms with van der Waals surface area (Å²) in [4.78, 5) is 15.4. The van der Waals surface area contributed by atoms with Gasteiger partial charge < -0.3 is 9.88 Å². The maximum absolute atomic E-state index is 10.7. The number of rotatable bonds is 10. The summed E-state index contributed by atoms with van der Waals surface area (Å²) >= 11 is 0. The van der Waals surface area contributed by atoms with E-state index in [-0.39, 0.29) is 6.04 Å². The van der Waals surface area contributed by atoms with E-state index in [1.165, 1.54) is 32.1 Å². The summed E-state index contributed by atoms with van der Waals surface area (Å²) in [5.74, 6) is 0.946. The van der Waals surface area contributed by atoms with Crippen molar-refractivity contribution in [2.75, 3.05) is 0 Å². The van der Waals surface area contributed by atoms with E-state index in [4.69, 9.17) is 4.98 Å². The van der Waals surface area contributed by atoms with Crippen LogP contribution in [0.25, 0.3) is 11.0 Å². The van der Waals surface area contributed by atoms with Crippen molar-refractivity contribution in [3.63, 3.8) is 0 Å². The third-order valence-electron chi connectivity index (χ3n) is 4.12. The summed E-state index contributed by atoms with van der Waals surface area (Å²) in [6.45, 7) is 5.19. The summed E-state index contributed by atoms with van der Waals surface area (Å²) in [7, 11) is 0. The quantitative estimate of drug-likeness (QED) is 0.528. The van der Waals surface area contributed by atoms with Gasteiger partial charge in [0.1, 0.15) is 5.82 Å². The molecule has 1 heterocycles. The van der Waals surface area contributed by atoms with E-state index < -0.39 is 0 Å². The zero-order valence-corrected chi connectivity index (χ0v) is 13.7. The van der Waals surface area contributed by atoms with Crippen LogP contribution in [0.5, 0.6) is 0 Å². The predicted octanol–water partition coefficient (Wildman–Crippen LogP) is 4.20. The van der Waals surface area contributed by atoms with Gasteiger partial charge in [-0.15, -0.1) is 0 Å².